The van der Waals surface area contributed by atoms with Crippen molar-refractivity contribution < 1.29 is 16.8 Å². The van der Waals surface area contributed by atoms with Gasteiger partial charge in [0, 0.05) is 13.6 Å². The second kappa shape index (κ2) is 7.33. The van der Waals surface area contributed by atoms with Gasteiger partial charge in [-0.1, -0.05) is 36.4 Å². The highest BCUT2D eigenvalue weighted by atomic mass is 32.2. The number of nitrogens with one attached hydrogen (secondary N) is 1. The molecule has 0 spiro atoms. The Labute approximate surface area is 143 Å². The third-order valence-corrected chi connectivity index (χ3v) is 6.96. The summed E-state index contributed by atoms with van der Waals surface area (Å²) < 4.78 is 52.6. The summed E-state index contributed by atoms with van der Waals surface area (Å²) in [7, 11) is -5.91. The van der Waals surface area contributed by atoms with E-state index in [4.69, 9.17) is 0 Å². The van der Waals surface area contributed by atoms with Gasteiger partial charge in [0.1, 0.15) is 0 Å². The molecule has 0 heterocycles. The summed E-state index contributed by atoms with van der Waals surface area (Å²) in [5.41, 5.74) is 1.13. The molecule has 0 radical (unpaired) electrons. The molecule has 130 valence electrons. The third-order valence-electron chi connectivity index (χ3n) is 3.57. The molecule has 0 aromatic heterocycles. The molecule has 0 saturated carbocycles. The fourth-order valence-corrected chi connectivity index (χ4v) is 4.66. The molecule has 8 heteroatoms. The predicted molar refractivity (Wildman–Crippen MR) is 95.0 cm³/mol. The lowest BCUT2D eigenvalue weighted by molar-refractivity contribution is 0.580. The van der Waals surface area contributed by atoms with Crippen molar-refractivity contribution in [2.24, 2.45) is 0 Å². The van der Waals surface area contributed by atoms with Crippen LogP contribution in [0.2, 0.25) is 0 Å². The Kier molecular flexibility index (Phi) is 5.63. The van der Waals surface area contributed by atoms with Crippen LogP contribution in [-0.4, -0.2) is 36.2 Å². The molecule has 0 unspecified atom stereocenters. The Balaban J connectivity index is 2.04. The minimum atomic E-state index is -3.74. The van der Waals surface area contributed by atoms with E-state index in [2.05, 4.69) is 4.72 Å². The van der Waals surface area contributed by atoms with Crippen molar-refractivity contribution in [1.82, 2.24) is 4.72 Å². The summed E-state index contributed by atoms with van der Waals surface area (Å²) in [4.78, 5) is 0.152. The Bertz CT molecular complexity index is 895. The van der Waals surface area contributed by atoms with Gasteiger partial charge < -0.3 is 0 Å². The summed E-state index contributed by atoms with van der Waals surface area (Å²) in [6.07, 6.45) is 0. The van der Waals surface area contributed by atoms with Gasteiger partial charge in [0.2, 0.25) is 20.0 Å². The minimum Gasteiger partial charge on any atom is -0.273 e. The first-order chi connectivity index (χ1) is 11.2. The largest absolute Gasteiger partial charge is 0.273 e. The van der Waals surface area contributed by atoms with Crippen LogP contribution in [0.4, 0.5) is 5.69 Å². The topological polar surface area (TPSA) is 83.5 Å². The van der Waals surface area contributed by atoms with Crippen molar-refractivity contribution in [1.29, 1.82) is 0 Å². The first-order valence-electron chi connectivity index (χ1n) is 7.31. The SMILES string of the molecule is Cc1ccccc1S(=O)(=O)NCCS(=O)(=O)N(C)c1ccccc1. The maximum absolute atomic E-state index is 12.3. The fraction of sp³-hybridized carbons (Fsp3) is 0.250. The first-order valence-corrected chi connectivity index (χ1v) is 10.4. The molecular formula is C16H20N2O4S2. The number of hydrogen-bond donors (Lipinski definition) is 1. The fourth-order valence-electron chi connectivity index (χ4n) is 2.18. The van der Waals surface area contributed by atoms with Gasteiger partial charge in [-0.25, -0.2) is 21.6 Å². The number of para-hydroxylation sites is 1. The highest BCUT2D eigenvalue weighted by Crippen LogP contribution is 2.16. The zero-order chi connectivity index (χ0) is 17.8. The monoisotopic (exact) mass is 368 g/mol. The summed E-state index contributed by atoms with van der Waals surface area (Å²) >= 11 is 0. The van der Waals surface area contributed by atoms with E-state index in [0.29, 0.717) is 11.3 Å². The van der Waals surface area contributed by atoms with Crippen molar-refractivity contribution in [2.75, 3.05) is 23.7 Å². The Hall–Kier alpha value is -1.90. The number of nitrogens with zero attached hydrogens (tertiary/aromatic N) is 1. The normalized spacial score (nSPS) is 12.1. The number of benzene rings is 2. The smallest absolute Gasteiger partial charge is 0.240 e. The minimum absolute atomic E-state index is 0.152. The van der Waals surface area contributed by atoms with E-state index >= 15 is 0 Å². The Morgan fingerprint density at radius 2 is 1.50 bits per heavy atom. The van der Waals surface area contributed by atoms with Gasteiger partial charge in [0.05, 0.1) is 16.3 Å². The van der Waals surface area contributed by atoms with Crippen LogP contribution >= 0.6 is 0 Å². The molecule has 0 atom stereocenters. The number of rotatable bonds is 7. The Morgan fingerprint density at radius 3 is 2.12 bits per heavy atom. The van der Waals surface area contributed by atoms with E-state index in [-0.39, 0.29) is 17.2 Å². The molecule has 2 rings (SSSR count). The molecule has 0 aliphatic rings. The van der Waals surface area contributed by atoms with Crippen LogP contribution in [-0.2, 0) is 20.0 Å². The lowest BCUT2D eigenvalue weighted by Gasteiger charge is -2.19. The average molecular weight is 368 g/mol. The van der Waals surface area contributed by atoms with Crippen molar-refractivity contribution in [2.45, 2.75) is 11.8 Å². The maximum Gasteiger partial charge on any atom is 0.240 e. The van der Waals surface area contributed by atoms with Gasteiger partial charge in [-0.2, -0.15) is 0 Å². The summed E-state index contributed by atoms with van der Waals surface area (Å²) in [5.74, 6) is -0.330. The van der Waals surface area contributed by atoms with Crippen LogP contribution in [0.15, 0.2) is 59.5 Å². The molecule has 1 N–H and O–H groups in total. The van der Waals surface area contributed by atoms with Crippen LogP contribution < -0.4 is 9.03 Å². The molecule has 2 aromatic carbocycles. The van der Waals surface area contributed by atoms with Crippen LogP contribution in [0.5, 0.6) is 0 Å². The molecule has 0 aliphatic heterocycles. The molecule has 0 fully saturated rings. The lowest BCUT2D eigenvalue weighted by Crippen LogP contribution is -2.35. The predicted octanol–water partition coefficient (Wildman–Crippen LogP) is 1.74. The molecule has 2 aromatic rings. The van der Waals surface area contributed by atoms with Crippen LogP contribution in [0, 0.1) is 6.92 Å². The Morgan fingerprint density at radius 1 is 0.917 bits per heavy atom. The first kappa shape index (κ1) is 18.4. The summed E-state index contributed by atoms with van der Waals surface area (Å²) in [5, 5.41) is 0. The van der Waals surface area contributed by atoms with E-state index in [1.807, 2.05) is 0 Å². The number of anilines is 1. The molecule has 0 bridgehead atoms. The van der Waals surface area contributed by atoms with Crippen molar-refractivity contribution >= 4 is 25.7 Å². The second-order valence-corrected chi connectivity index (χ2v) is 9.14. The van der Waals surface area contributed by atoms with Crippen LogP contribution in [0.1, 0.15) is 5.56 Å². The second-order valence-electron chi connectivity index (χ2n) is 5.28. The van der Waals surface area contributed by atoms with E-state index < -0.39 is 20.0 Å². The average Bonchev–Trinajstić information content (AvgIpc) is 2.54. The van der Waals surface area contributed by atoms with Crippen molar-refractivity contribution in [3.63, 3.8) is 0 Å². The van der Waals surface area contributed by atoms with E-state index in [0.717, 1.165) is 4.31 Å². The van der Waals surface area contributed by atoms with E-state index in [1.54, 1.807) is 55.5 Å². The summed E-state index contributed by atoms with van der Waals surface area (Å²) in [6, 6.07) is 15.2. The van der Waals surface area contributed by atoms with E-state index in [9.17, 15) is 16.8 Å². The third kappa shape index (κ3) is 4.34. The molecule has 0 amide bonds. The quantitative estimate of drug-likeness (QED) is 0.807. The zero-order valence-electron chi connectivity index (χ0n) is 13.5. The zero-order valence-corrected chi connectivity index (χ0v) is 15.1. The van der Waals surface area contributed by atoms with Gasteiger partial charge in [-0.15, -0.1) is 0 Å². The molecule has 6 nitrogen and oxygen atoms in total. The van der Waals surface area contributed by atoms with Crippen molar-refractivity contribution in [3.05, 3.63) is 60.2 Å². The number of sulfonamides is 2. The van der Waals surface area contributed by atoms with Gasteiger partial charge >= 0.3 is 0 Å². The van der Waals surface area contributed by atoms with Crippen molar-refractivity contribution in [3.8, 4) is 0 Å². The van der Waals surface area contributed by atoms with Gasteiger partial charge in [0.25, 0.3) is 0 Å². The molecular weight excluding hydrogens is 348 g/mol. The van der Waals surface area contributed by atoms with Crippen LogP contribution in [0.3, 0.4) is 0 Å². The highest BCUT2D eigenvalue weighted by molar-refractivity contribution is 7.93. The summed E-state index contributed by atoms with van der Waals surface area (Å²) in [6.45, 7) is 1.49. The van der Waals surface area contributed by atoms with Gasteiger partial charge in [-0.05, 0) is 30.7 Å². The standard InChI is InChI=1S/C16H20N2O4S2/c1-14-8-6-7-11-16(14)24(21,22)17-12-13-23(19,20)18(2)15-9-4-3-5-10-15/h3-11,17H,12-13H2,1-2H3. The molecule has 0 aliphatic carbocycles. The number of aryl methyl sites for hydroxylation is 1. The number of hydrogen-bond acceptors (Lipinski definition) is 4. The van der Waals surface area contributed by atoms with E-state index in [1.165, 1.54) is 13.1 Å². The molecule has 0 saturated heterocycles. The highest BCUT2D eigenvalue weighted by Gasteiger charge is 2.21. The van der Waals surface area contributed by atoms with Crippen LogP contribution in [0.25, 0.3) is 0 Å². The van der Waals surface area contributed by atoms with Gasteiger partial charge in [-0.3, -0.25) is 4.31 Å². The van der Waals surface area contributed by atoms with Gasteiger partial charge in [0.15, 0.2) is 0 Å². The maximum atomic E-state index is 12.3. The lowest BCUT2D eigenvalue weighted by atomic mass is 10.2. The molecule has 24 heavy (non-hydrogen) atoms.